The molecular weight excluding hydrogens is 306 g/mol. The van der Waals surface area contributed by atoms with Gasteiger partial charge in [0, 0.05) is 23.4 Å². The Morgan fingerprint density at radius 1 is 1.42 bits per heavy atom. The molecule has 0 amide bonds. The Kier molecular flexibility index (Phi) is 4.68. The van der Waals surface area contributed by atoms with E-state index < -0.39 is 0 Å². The van der Waals surface area contributed by atoms with Crippen molar-refractivity contribution in [2.75, 3.05) is 0 Å². The monoisotopic (exact) mass is 323 g/mol. The van der Waals surface area contributed by atoms with Gasteiger partial charge >= 0.3 is 0 Å². The van der Waals surface area contributed by atoms with Gasteiger partial charge in [0.15, 0.2) is 0 Å². The first-order chi connectivity index (χ1) is 9.13. The lowest BCUT2D eigenvalue weighted by atomic mass is 10.1. The molecule has 6 heteroatoms. The number of pyridine rings is 1. The molecule has 2 heterocycles. The van der Waals surface area contributed by atoms with Crippen LogP contribution in [0, 0.1) is 6.92 Å². The van der Waals surface area contributed by atoms with E-state index in [0.717, 1.165) is 34.4 Å². The van der Waals surface area contributed by atoms with Crippen LogP contribution in [0.25, 0.3) is 0 Å². The second-order valence-electron chi connectivity index (χ2n) is 4.46. The van der Waals surface area contributed by atoms with Gasteiger partial charge in [0.1, 0.15) is 0 Å². The molecule has 0 saturated carbocycles. The van der Waals surface area contributed by atoms with Crippen LogP contribution < -0.4 is 11.3 Å². The highest BCUT2D eigenvalue weighted by atomic mass is 79.9. The summed E-state index contributed by atoms with van der Waals surface area (Å²) in [4.78, 5) is 4.18. The molecule has 0 aliphatic rings. The fraction of sp³-hybridized carbons (Fsp3) is 0.385. The van der Waals surface area contributed by atoms with Crippen molar-refractivity contribution in [3.05, 3.63) is 46.0 Å². The number of rotatable bonds is 5. The van der Waals surface area contributed by atoms with E-state index >= 15 is 0 Å². The van der Waals surface area contributed by atoms with Crippen LogP contribution in [0.4, 0.5) is 0 Å². The van der Waals surface area contributed by atoms with Gasteiger partial charge in [-0.25, -0.2) is 0 Å². The third-order valence-corrected chi connectivity index (χ3v) is 3.43. The molecule has 0 bridgehead atoms. The minimum absolute atomic E-state index is 0.0252. The number of nitrogens with zero attached hydrogens (tertiary/aromatic N) is 3. The van der Waals surface area contributed by atoms with E-state index in [4.69, 9.17) is 5.84 Å². The van der Waals surface area contributed by atoms with Crippen LogP contribution in [0.15, 0.2) is 29.0 Å². The van der Waals surface area contributed by atoms with E-state index in [2.05, 4.69) is 50.5 Å². The van der Waals surface area contributed by atoms with E-state index in [1.807, 2.05) is 17.8 Å². The third kappa shape index (κ3) is 3.40. The zero-order chi connectivity index (χ0) is 13.8. The van der Waals surface area contributed by atoms with Crippen LogP contribution in [-0.2, 0) is 13.0 Å². The van der Waals surface area contributed by atoms with Crippen LogP contribution in [0.3, 0.4) is 0 Å². The minimum atomic E-state index is 0.0252. The molecule has 0 fully saturated rings. The average Bonchev–Trinajstić information content (AvgIpc) is 2.77. The smallest absolute Gasteiger partial charge is 0.0670 e. The number of aryl methyl sites for hydroxylation is 2. The van der Waals surface area contributed by atoms with Crippen molar-refractivity contribution in [1.82, 2.24) is 20.2 Å². The first-order valence-corrected chi connectivity index (χ1v) is 7.03. The van der Waals surface area contributed by atoms with E-state index in [0.29, 0.717) is 0 Å². The Labute approximate surface area is 121 Å². The molecule has 5 nitrogen and oxygen atoms in total. The lowest BCUT2D eigenvalue weighted by molar-refractivity contribution is 0.489. The zero-order valence-corrected chi connectivity index (χ0v) is 12.7. The Hall–Kier alpha value is -1.24. The van der Waals surface area contributed by atoms with Crippen LogP contribution in [-0.4, -0.2) is 14.8 Å². The van der Waals surface area contributed by atoms with E-state index in [1.165, 1.54) is 0 Å². The normalized spacial score (nSPS) is 12.6. The van der Waals surface area contributed by atoms with Gasteiger partial charge in [-0.05, 0) is 53.9 Å². The molecule has 0 aliphatic heterocycles. The van der Waals surface area contributed by atoms with Gasteiger partial charge in [-0.3, -0.25) is 20.9 Å². The summed E-state index contributed by atoms with van der Waals surface area (Å²) in [5, 5.41) is 4.45. The molecule has 2 rings (SSSR count). The molecule has 0 aliphatic carbocycles. The van der Waals surface area contributed by atoms with Gasteiger partial charge in [0.25, 0.3) is 0 Å². The molecule has 1 atom stereocenters. The number of nitrogens with one attached hydrogen (secondary N) is 1. The molecule has 19 heavy (non-hydrogen) atoms. The van der Waals surface area contributed by atoms with Crippen LogP contribution in [0.2, 0.25) is 0 Å². The fourth-order valence-electron chi connectivity index (χ4n) is 2.15. The minimum Gasteiger partial charge on any atom is -0.271 e. The van der Waals surface area contributed by atoms with Crippen molar-refractivity contribution in [1.29, 1.82) is 0 Å². The summed E-state index contributed by atoms with van der Waals surface area (Å²) in [6.07, 6.45) is 4.40. The standard InChI is InChI=1S/C13H18BrN5/c1-3-19-13(4-9(2)18-19)12(17-15)6-10-5-11(14)8-16-7-10/h4-5,7-8,12,17H,3,6,15H2,1-2H3. The molecular formula is C13H18BrN5. The molecule has 2 aromatic heterocycles. The summed E-state index contributed by atoms with van der Waals surface area (Å²) >= 11 is 3.43. The van der Waals surface area contributed by atoms with Crippen molar-refractivity contribution in [3.63, 3.8) is 0 Å². The van der Waals surface area contributed by atoms with Crippen LogP contribution in [0.5, 0.6) is 0 Å². The topological polar surface area (TPSA) is 68.8 Å². The lowest BCUT2D eigenvalue weighted by Crippen LogP contribution is -2.31. The van der Waals surface area contributed by atoms with Crippen LogP contribution >= 0.6 is 15.9 Å². The number of hydrazine groups is 1. The maximum Gasteiger partial charge on any atom is 0.0670 e. The quantitative estimate of drug-likeness (QED) is 0.653. The molecule has 0 saturated heterocycles. The summed E-state index contributed by atoms with van der Waals surface area (Å²) in [7, 11) is 0. The molecule has 0 radical (unpaired) electrons. The highest BCUT2D eigenvalue weighted by molar-refractivity contribution is 9.10. The van der Waals surface area contributed by atoms with Crippen molar-refractivity contribution in [2.45, 2.75) is 32.9 Å². The van der Waals surface area contributed by atoms with Gasteiger partial charge in [-0.2, -0.15) is 5.10 Å². The highest BCUT2D eigenvalue weighted by Crippen LogP contribution is 2.20. The Balaban J connectivity index is 2.24. The number of hydrogen-bond donors (Lipinski definition) is 2. The largest absolute Gasteiger partial charge is 0.271 e. The predicted octanol–water partition coefficient (Wildman–Crippen LogP) is 2.12. The van der Waals surface area contributed by atoms with Crippen molar-refractivity contribution < 1.29 is 0 Å². The van der Waals surface area contributed by atoms with Gasteiger partial charge in [-0.1, -0.05) is 0 Å². The Morgan fingerprint density at radius 2 is 2.21 bits per heavy atom. The zero-order valence-electron chi connectivity index (χ0n) is 11.1. The number of hydrogen-bond acceptors (Lipinski definition) is 4. The summed E-state index contributed by atoms with van der Waals surface area (Å²) in [5.41, 5.74) is 6.10. The summed E-state index contributed by atoms with van der Waals surface area (Å²) < 4.78 is 2.95. The highest BCUT2D eigenvalue weighted by Gasteiger charge is 2.16. The Morgan fingerprint density at radius 3 is 2.84 bits per heavy atom. The average molecular weight is 324 g/mol. The van der Waals surface area contributed by atoms with Gasteiger partial charge in [-0.15, -0.1) is 0 Å². The van der Waals surface area contributed by atoms with Crippen molar-refractivity contribution >= 4 is 15.9 Å². The van der Waals surface area contributed by atoms with Crippen molar-refractivity contribution in [3.8, 4) is 0 Å². The van der Waals surface area contributed by atoms with E-state index in [-0.39, 0.29) is 6.04 Å². The molecule has 0 spiro atoms. The van der Waals surface area contributed by atoms with Gasteiger partial charge in [0.2, 0.25) is 0 Å². The van der Waals surface area contributed by atoms with Gasteiger partial charge in [0.05, 0.1) is 17.4 Å². The maximum absolute atomic E-state index is 5.70. The summed E-state index contributed by atoms with van der Waals surface area (Å²) in [6.45, 7) is 4.90. The lowest BCUT2D eigenvalue weighted by Gasteiger charge is -2.17. The predicted molar refractivity (Wildman–Crippen MR) is 78.3 cm³/mol. The fourth-order valence-corrected chi connectivity index (χ4v) is 2.56. The SMILES string of the molecule is CCn1nc(C)cc1C(Cc1cncc(Br)c1)NN. The molecule has 0 aromatic carbocycles. The first kappa shape index (κ1) is 14.2. The second kappa shape index (κ2) is 6.27. The van der Waals surface area contributed by atoms with Crippen molar-refractivity contribution in [2.24, 2.45) is 5.84 Å². The third-order valence-electron chi connectivity index (χ3n) is 2.99. The summed E-state index contributed by atoms with van der Waals surface area (Å²) in [5.74, 6) is 5.70. The first-order valence-electron chi connectivity index (χ1n) is 6.24. The molecule has 2 aromatic rings. The maximum atomic E-state index is 5.70. The second-order valence-corrected chi connectivity index (χ2v) is 5.38. The molecule has 1 unspecified atom stereocenters. The Bertz CT molecular complexity index is 552. The van der Waals surface area contributed by atoms with E-state index in [1.54, 1.807) is 6.20 Å². The molecule has 3 N–H and O–H groups in total. The number of aromatic nitrogens is 3. The number of halogens is 1. The van der Waals surface area contributed by atoms with E-state index in [9.17, 15) is 0 Å². The molecule has 102 valence electrons. The summed E-state index contributed by atoms with van der Waals surface area (Å²) in [6, 6.07) is 4.15. The number of nitrogens with two attached hydrogens (primary N) is 1. The van der Waals surface area contributed by atoms with Gasteiger partial charge < -0.3 is 0 Å². The van der Waals surface area contributed by atoms with Crippen LogP contribution in [0.1, 0.15) is 29.9 Å².